The van der Waals surface area contributed by atoms with Gasteiger partial charge < -0.3 is 21.9 Å². The van der Waals surface area contributed by atoms with Crippen LogP contribution in [0.5, 0.6) is 0 Å². The van der Waals surface area contributed by atoms with E-state index in [2.05, 4.69) is 20.3 Å². The zero-order valence-corrected chi connectivity index (χ0v) is 12.4. The lowest BCUT2D eigenvalue weighted by molar-refractivity contribution is -0.115. The molecule has 0 saturated heterocycles. The molecule has 0 atom stereocenters. The molecule has 0 saturated carbocycles. The van der Waals surface area contributed by atoms with Gasteiger partial charge in [0.15, 0.2) is 11.5 Å². The second kappa shape index (κ2) is 6.32. The van der Waals surface area contributed by atoms with Gasteiger partial charge in [0.1, 0.15) is 5.82 Å². The van der Waals surface area contributed by atoms with Gasteiger partial charge in [-0.2, -0.15) is 4.98 Å². The summed E-state index contributed by atoms with van der Waals surface area (Å²) in [6.07, 6.45) is 0.574. The number of carbonyl (C=O) groups is 2. The van der Waals surface area contributed by atoms with Gasteiger partial charge in [-0.1, -0.05) is 0 Å². The smallest absolute Gasteiger partial charge is 0.357 e. The van der Waals surface area contributed by atoms with Gasteiger partial charge in [-0.15, -0.1) is 0 Å². The number of amides is 1. The summed E-state index contributed by atoms with van der Waals surface area (Å²) in [6.45, 7) is 1.28. The molecule has 0 aliphatic rings. The van der Waals surface area contributed by atoms with Crippen molar-refractivity contribution < 1.29 is 19.1 Å². The number of pyridine rings is 1. The number of carboxylic acids is 1. The molecular formula is C13H13FN6O4. The molecule has 11 heteroatoms. The molecule has 2 heterocycles. The molecule has 10 nitrogen and oxygen atoms in total. The number of hydrogen-bond donors (Lipinski definition) is 5. The normalized spacial score (nSPS) is 10.4. The van der Waals surface area contributed by atoms with E-state index in [1.807, 2.05) is 0 Å². The minimum Gasteiger partial charge on any atom is -0.476 e. The van der Waals surface area contributed by atoms with E-state index in [1.54, 1.807) is 0 Å². The summed E-state index contributed by atoms with van der Waals surface area (Å²) in [5.74, 6) is -3.67. The number of aromatic amines is 1. The van der Waals surface area contributed by atoms with Gasteiger partial charge in [0.2, 0.25) is 11.9 Å². The first kappa shape index (κ1) is 16.9. The number of rotatable bonds is 4. The number of aromatic carboxylic acids is 1. The maximum absolute atomic E-state index is 13.9. The molecule has 0 radical (unpaired) electrons. The Labute approximate surface area is 133 Å². The van der Waals surface area contributed by atoms with Gasteiger partial charge in [-0.05, 0) is 6.92 Å². The number of hydrogen-bond acceptors (Lipinski definition) is 7. The van der Waals surface area contributed by atoms with Crippen molar-refractivity contribution in [1.29, 1.82) is 0 Å². The first-order valence-electron chi connectivity index (χ1n) is 6.53. The molecule has 0 bridgehead atoms. The Morgan fingerprint density at radius 2 is 2.08 bits per heavy atom. The summed E-state index contributed by atoms with van der Waals surface area (Å²) in [6, 6.07) is 0. The molecule has 24 heavy (non-hydrogen) atoms. The zero-order valence-electron chi connectivity index (χ0n) is 12.4. The predicted octanol–water partition coefficient (Wildman–Crippen LogP) is -0.344. The quantitative estimate of drug-likeness (QED) is 0.503. The molecule has 0 unspecified atom stereocenters. The van der Waals surface area contributed by atoms with Crippen LogP contribution in [0.2, 0.25) is 0 Å². The molecule has 2 aromatic heterocycles. The summed E-state index contributed by atoms with van der Waals surface area (Å²) in [7, 11) is 0. The molecule has 7 N–H and O–H groups in total. The first-order valence-corrected chi connectivity index (χ1v) is 6.53. The Hall–Kier alpha value is -3.50. The van der Waals surface area contributed by atoms with Gasteiger partial charge in [-0.3, -0.25) is 14.6 Å². The zero-order chi connectivity index (χ0) is 18.0. The first-order chi connectivity index (χ1) is 11.2. The lowest BCUT2D eigenvalue weighted by Crippen LogP contribution is -2.25. The highest BCUT2D eigenvalue weighted by atomic mass is 19.1. The number of nitrogens with two attached hydrogens (primary N) is 2. The highest BCUT2D eigenvalue weighted by molar-refractivity contribution is 5.94. The number of nitrogen functional groups attached to an aromatic ring is 2. The maximum Gasteiger partial charge on any atom is 0.357 e. The fourth-order valence-electron chi connectivity index (χ4n) is 1.91. The van der Waals surface area contributed by atoms with Gasteiger partial charge in [0, 0.05) is 5.56 Å². The van der Waals surface area contributed by atoms with Gasteiger partial charge in [-0.25, -0.2) is 14.2 Å². The molecular weight excluding hydrogens is 323 g/mol. The van der Waals surface area contributed by atoms with E-state index < -0.39 is 35.4 Å². The van der Waals surface area contributed by atoms with Crippen LogP contribution in [0.15, 0.2) is 11.0 Å². The fourth-order valence-corrected chi connectivity index (χ4v) is 1.91. The monoisotopic (exact) mass is 336 g/mol. The van der Waals surface area contributed by atoms with E-state index in [9.17, 15) is 18.8 Å². The molecule has 2 aromatic rings. The molecule has 0 aliphatic carbocycles. The molecule has 1 amide bonds. The van der Waals surface area contributed by atoms with Crippen LogP contribution < -0.4 is 22.3 Å². The van der Waals surface area contributed by atoms with Crippen LogP contribution in [0.25, 0.3) is 0 Å². The number of carboxylic acid groups (broad SMARTS) is 1. The Bertz CT molecular complexity index is 895. The fraction of sp³-hybridized carbons (Fsp3) is 0.154. The lowest BCUT2D eigenvalue weighted by Gasteiger charge is -2.10. The summed E-state index contributed by atoms with van der Waals surface area (Å²) in [5, 5.41) is 11.1. The van der Waals surface area contributed by atoms with Crippen molar-refractivity contribution in [2.24, 2.45) is 0 Å². The molecule has 126 valence electrons. The lowest BCUT2D eigenvalue weighted by atomic mass is 10.1. The van der Waals surface area contributed by atoms with Gasteiger partial charge in [0.05, 0.1) is 23.9 Å². The van der Waals surface area contributed by atoms with E-state index in [4.69, 9.17) is 16.6 Å². The van der Waals surface area contributed by atoms with Crippen molar-refractivity contribution in [2.75, 3.05) is 16.8 Å². The van der Waals surface area contributed by atoms with Gasteiger partial charge >= 0.3 is 5.97 Å². The van der Waals surface area contributed by atoms with E-state index in [0.29, 0.717) is 0 Å². The highest BCUT2D eigenvalue weighted by Crippen LogP contribution is 2.19. The van der Waals surface area contributed by atoms with Crippen molar-refractivity contribution in [3.63, 3.8) is 0 Å². The van der Waals surface area contributed by atoms with Crippen LogP contribution in [0, 0.1) is 12.7 Å². The SMILES string of the molecule is Cc1c(NC(=O)Cc2c(N)nc(N)[nH]c2=O)cnc(C(=O)O)c1F. The Morgan fingerprint density at radius 1 is 1.42 bits per heavy atom. The van der Waals surface area contributed by atoms with Crippen LogP contribution in [-0.2, 0) is 11.2 Å². The number of anilines is 3. The number of halogens is 1. The average molecular weight is 336 g/mol. The average Bonchev–Trinajstić information content (AvgIpc) is 2.47. The van der Waals surface area contributed by atoms with Gasteiger partial charge in [0.25, 0.3) is 5.56 Å². The number of aromatic nitrogens is 3. The van der Waals surface area contributed by atoms with Crippen LogP contribution in [-0.4, -0.2) is 31.9 Å². The number of nitrogens with one attached hydrogen (secondary N) is 2. The summed E-state index contributed by atoms with van der Waals surface area (Å²) < 4.78 is 13.9. The minimum atomic E-state index is -1.53. The van der Waals surface area contributed by atoms with Crippen molar-refractivity contribution in [3.8, 4) is 0 Å². The number of H-pyrrole nitrogens is 1. The van der Waals surface area contributed by atoms with Crippen molar-refractivity contribution in [1.82, 2.24) is 15.0 Å². The Balaban J connectivity index is 2.24. The third-order valence-electron chi connectivity index (χ3n) is 3.14. The molecule has 2 rings (SSSR count). The van der Waals surface area contributed by atoms with E-state index in [0.717, 1.165) is 6.20 Å². The maximum atomic E-state index is 13.9. The molecule has 0 fully saturated rings. The summed E-state index contributed by atoms with van der Waals surface area (Å²) >= 11 is 0. The Kier molecular flexibility index (Phi) is 4.44. The second-order valence-electron chi connectivity index (χ2n) is 4.80. The predicted molar refractivity (Wildman–Crippen MR) is 81.9 cm³/mol. The van der Waals surface area contributed by atoms with E-state index in [1.165, 1.54) is 6.92 Å². The summed E-state index contributed by atoms with van der Waals surface area (Å²) in [5.41, 5.74) is 9.20. The summed E-state index contributed by atoms with van der Waals surface area (Å²) in [4.78, 5) is 43.8. The van der Waals surface area contributed by atoms with Crippen LogP contribution in [0.1, 0.15) is 21.6 Å². The molecule has 0 aliphatic heterocycles. The topological polar surface area (TPSA) is 177 Å². The number of carbonyl (C=O) groups excluding carboxylic acids is 1. The van der Waals surface area contributed by atoms with Crippen LogP contribution in [0.4, 0.5) is 21.8 Å². The molecule has 0 spiro atoms. The Morgan fingerprint density at radius 3 is 2.67 bits per heavy atom. The third kappa shape index (κ3) is 3.29. The van der Waals surface area contributed by atoms with E-state index >= 15 is 0 Å². The van der Waals surface area contributed by atoms with Crippen molar-refractivity contribution >= 4 is 29.3 Å². The molecule has 0 aromatic carbocycles. The largest absolute Gasteiger partial charge is 0.476 e. The van der Waals surface area contributed by atoms with Crippen LogP contribution in [0.3, 0.4) is 0 Å². The third-order valence-corrected chi connectivity index (χ3v) is 3.14. The van der Waals surface area contributed by atoms with Crippen molar-refractivity contribution in [3.05, 3.63) is 39.2 Å². The highest BCUT2D eigenvalue weighted by Gasteiger charge is 2.19. The van der Waals surface area contributed by atoms with Crippen LogP contribution >= 0.6 is 0 Å². The van der Waals surface area contributed by atoms with E-state index in [-0.39, 0.29) is 28.6 Å². The standard InChI is InChI=1S/C13H13FN6O4/c1-4-6(3-17-9(8(4)14)12(23)24)18-7(21)2-5-10(15)19-13(16)20-11(5)22/h3H,2H2,1H3,(H,18,21)(H,23,24)(H5,15,16,19,20,22). The van der Waals surface area contributed by atoms with Crippen molar-refractivity contribution in [2.45, 2.75) is 13.3 Å². The second-order valence-corrected chi connectivity index (χ2v) is 4.80. The number of nitrogens with zero attached hydrogens (tertiary/aromatic N) is 2. The minimum absolute atomic E-state index is 0.0269.